The molecule has 0 aliphatic carbocycles. The van der Waals surface area contributed by atoms with E-state index in [1.807, 2.05) is 42.5 Å². The molecule has 1 amide bonds. The van der Waals surface area contributed by atoms with Gasteiger partial charge in [-0.1, -0.05) is 42.5 Å². The average Bonchev–Trinajstić information content (AvgIpc) is 3.09. The third-order valence-corrected chi connectivity index (χ3v) is 6.61. The van der Waals surface area contributed by atoms with Crippen LogP contribution in [0.5, 0.6) is 11.5 Å². The van der Waals surface area contributed by atoms with Crippen LogP contribution >= 0.6 is 12.4 Å². The lowest BCUT2D eigenvalue weighted by Gasteiger charge is -2.41. The summed E-state index contributed by atoms with van der Waals surface area (Å²) in [6.07, 6.45) is 0.832. The number of hydrogen-bond donors (Lipinski definition) is 2. The number of alkyl carbamates (subject to hydrolysis) is 1. The molecule has 2 aromatic rings. The Morgan fingerprint density at radius 1 is 1.06 bits per heavy atom. The molecule has 2 N–H and O–H groups in total. The normalized spacial score (nSPS) is 24.8. The SMILES string of the molecule is Cl.O=C1NC(Cc2ccccc2)C2(CCN(CC(O)C3COc4ccccc4O3)CC2)O1. The molecule has 2 fully saturated rings. The smallest absolute Gasteiger partial charge is 0.408 e. The van der Waals surface area contributed by atoms with Crippen molar-refractivity contribution in [3.05, 3.63) is 60.2 Å². The summed E-state index contributed by atoms with van der Waals surface area (Å²) in [7, 11) is 0. The molecular weight excluding hydrogens is 432 g/mol. The molecule has 3 aliphatic rings. The first-order valence-electron chi connectivity index (χ1n) is 10.9. The highest BCUT2D eigenvalue weighted by Crippen LogP contribution is 2.36. The van der Waals surface area contributed by atoms with Crippen LogP contribution in [0.4, 0.5) is 4.79 Å². The van der Waals surface area contributed by atoms with Gasteiger partial charge in [0.1, 0.15) is 18.3 Å². The third kappa shape index (κ3) is 4.65. The first-order valence-corrected chi connectivity index (χ1v) is 10.9. The number of halogens is 1. The number of rotatable bonds is 5. The maximum atomic E-state index is 12.1. The van der Waals surface area contributed by atoms with E-state index in [-0.39, 0.29) is 24.5 Å². The summed E-state index contributed by atoms with van der Waals surface area (Å²) in [5, 5.41) is 13.8. The number of para-hydroxylation sites is 2. The topological polar surface area (TPSA) is 80.3 Å². The van der Waals surface area contributed by atoms with Crippen molar-refractivity contribution >= 4 is 18.5 Å². The molecule has 172 valence electrons. The van der Waals surface area contributed by atoms with E-state index in [1.165, 1.54) is 5.56 Å². The van der Waals surface area contributed by atoms with Gasteiger partial charge in [0.25, 0.3) is 0 Å². The molecule has 0 radical (unpaired) electrons. The van der Waals surface area contributed by atoms with E-state index in [9.17, 15) is 9.90 Å². The second kappa shape index (κ2) is 9.57. The van der Waals surface area contributed by atoms with Crippen molar-refractivity contribution in [2.45, 2.75) is 43.1 Å². The van der Waals surface area contributed by atoms with Crippen molar-refractivity contribution in [3.63, 3.8) is 0 Å². The van der Waals surface area contributed by atoms with E-state index in [2.05, 4.69) is 22.3 Å². The van der Waals surface area contributed by atoms with Crippen LogP contribution in [-0.4, -0.2) is 66.2 Å². The highest BCUT2D eigenvalue weighted by Gasteiger charge is 2.50. The Labute approximate surface area is 194 Å². The number of piperidine rings is 1. The van der Waals surface area contributed by atoms with Crippen molar-refractivity contribution in [3.8, 4) is 11.5 Å². The monoisotopic (exact) mass is 460 g/mol. The largest absolute Gasteiger partial charge is 0.486 e. The van der Waals surface area contributed by atoms with Crippen LogP contribution in [0.15, 0.2) is 54.6 Å². The van der Waals surface area contributed by atoms with Crippen LogP contribution < -0.4 is 14.8 Å². The van der Waals surface area contributed by atoms with Crippen LogP contribution in [0.1, 0.15) is 18.4 Å². The van der Waals surface area contributed by atoms with Crippen molar-refractivity contribution in [2.24, 2.45) is 0 Å². The number of ether oxygens (including phenoxy) is 3. The van der Waals surface area contributed by atoms with Gasteiger partial charge >= 0.3 is 6.09 Å². The standard InChI is InChI=1S/C24H28N2O5.ClH/c27-18(21-16-29-19-8-4-5-9-20(19)30-21)15-26-12-10-24(11-13-26)22(25-23(28)31-24)14-17-6-2-1-3-7-17;/h1-9,18,21-22,27H,10-16H2,(H,25,28);1H. The van der Waals surface area contributed by atoms with Gasteiger partial charge in [-0.05, 0) is 24.1 Å². The number of nitrogens with one attached hydrogen (secondary N) is 1. The van der Waals surface area contributed by atoms with Gasteiger partial charge in [0.15, 0.2) is 17.6 Å². The quantitative estimate of drug-likeness (QED) is 0.714. The zero-order valence-electron chi connectivity index (χ0n) is 17.8. The molecule has 0 bridgehead atoms. The predicted molar refractivity (Wildman–Crippen MR) is 122 cm³/mol. The summed E-state index contributed by atoms with van der Waals surface area (Å²) in [6.45, 7) is 2.33. The van der Waals surface area contributed by atoms with Gasteiger partial charge in [0.2, 0.25) is 0 Å². The lowest BCUT2D eigenvalue weighted by Crippen LogP contribution is -2.55. The van der Waals surface area contributed by atoms with Crippen LogP contribution in [0, 0.1) is 0 Å². The summed E-state index contributed by atoms with van der Waals surface area (Å²) in [5.74, 6) is 1.38. The fourth-order valence-corrected chi connectivity index (χ4v) is 4.82. The van der Waals surface area contributed by atoms with Crippen LogP contribution in [0.2, 0.25) is 0 Å². The minimum Gasteiger partial charge on any atom is -0.486 e. The Balaban J connectivity index is 0.00000245. The molecule has 1 spiro atoms. The molecule has 2 saturated heterocycles. The number of nitrogens with zero attached hydrogens (tertiary/aromatic N) is 1. The summed E-state index contributed by atoms with van der Waals surface area (Å²) in [5.41, 5.74) is 0.697. The van der Waals surface area contributed by atoms with Crippen LogP contribution in [0.3, 0.4) is 0 Å². The number of carbonyl (C=O) groups excluding carboxylic acids is 1. The molecule has 0 aromatic heterocycles. The van der Waals surface area contributed by atoms with E-state index < -0.39 is 17.8 Å². The lowest BCUT2D eigenvalue weighted by molar-refractivity contribution is -0.0518. The second-order valence-corrected chi connectivity index (χ2v) is 8.62. The minimum atomic E-state index is -0.660. The maximum Gasteiger partial charge on any atom is 0.408 e. The van der Waals surface area contributed by atoms with Crippen LogP contribution in [0.25, 0.3) is 0 Å². The number of carbonyl (C=O) groups is 1. The number of aliphatic hydroxyl groups is 1. The zero-order chi connectivity index (χ0) is 21.3. The van der Waals surface area contributed by atoms with Gasteiger partial charge in [-0.2, -0.15) is 0 Å². The predicted octanol–water partition coefficient (Wildman–Crippen LogP) is 2.79. The van der Waals surface area contributed by atoms with Gasteiger partial charge in [-0.25, -0.2) is 4.79 Å². The van der Waals surface area contributed by atoms with E-state index in [0.29, 0.717) is 24.7 Å². The number of fused-ring (bicyclic) bond motifs is 1. The van der Waals surface area contributed by atoms with Gasteiger partial charge in [-0.3, -0.25) is 0 Å². The summed E-state index contributed by atoms with van der Waals surface area (Å²) in [4.78, 5) is 14.3. The van der Waals surface area contributed by atoms with E-state index in [1.54, 1.807) is 0 Å². The molecule has 3 atom stereocenters. The number of benzene rings is 2. The Kier molecular flexibility index (Phi) is 6.79. The summed E-state index contributed by atoms with van der Waals surface area (Å²) in [6, 6.07) is 17.6. The Morgan fingerprint density at radius 3 is 2.50 bits per heavy atom. The lowest BCUT2D eigenvalue weighted by atomic mass is 9.81. The van der Waals surface area contributed by atoms with E-state index >= 15 is 0 Å². The van der Waals surface area contributed by atoms with E-state index in [4.69, 9.17) is 14.2 Å². The molecule has 3 heterocycles. The number of likely N-dealkylation sites (tertiary alicyclic amines) is 1. The fraction of sp³-hybridized carbons (Fsp3) is 0.458. The number of amides is 1. The highest BCUT2D eigenvalue weighted by molar-refractivity contribution is 5.85. The molecular formula is C24H29ClN2O5. The zero-order valence-corrected chi connectivity index (χ0v) is 18.6. The van der Waals surface area contributed by atoms with Gasteiger partial charge in [0.05, 0.1) is 6.04 Å². The first kappa shape index (κ1) is 22.7. The van der Waals surface area contributed by atoms with Gasteiger partial charge in [0, 0.05) is 32.5 Å². The molecule has 5 rings (SSSR count). The summed E-state index contributed by atoms with van der Waals surface area (Å²) < 4.78 is 17.5. The molecule has 0 saturated carbocycles. The molecule has 32 heavy (non-hydrogen) atoms. The Hall–Kier alpha value is -2.48. The third-order valence-electron chi connectivity index (χ3n) is 6.61. The first-order chi connectivity index (χ1) is 15.1. The van der Waals surface area contributed by atoms with Crippen molar-refractivity contribution in [1.82, 2.24) is 10.2 Å². The van der Waals surface area contributed by atoms with Gasteiger partial charge in [-0.15, -0.1) is 12.4 Å². The van der Waals surface area contributed by atoms with Crippen molar-refractivity contribution in [2.75, 3.05) is 26.2 Å². The van der Waals surface area contributed by atoms with Crippen LogP contribution in [-0.2, 0) is 11.2 Å². The fourth-order valence-electron chi connectivity index (χ4n) is 4.82. The maximum absolute atomic E-state index is 12.1. The molecule has 2 aromatic carbocycles. The van der Waals surface area contributed by atoms with Crippen molar-refractivity contribution < 1.29 is 24.1 Å². The number of β-amino-alcohol motifs (C(OH)–C–C–N with tert-alkyl or cyclic N) is 1. The minimum absolute atomic E-state index is 0. The molecule has 8 heteroatoms. The van der Waals surface area contributed by atoms with Crippen molar-refractivity contribution in [1.29, 1.82) is 0 Å². The van der Waals surface area contributed by atoms with E-state index in [0.717, 1.165) is 32.4 Å². The molecule has 3 aliphatic heterocycles. The molecule has 7 nitrogen and oxygen atoms in total. The Bertz CT molecular complexity index is 920. The average molecular weight is 461 g/mol. The summed E-state index contributed by atoms with van der Waals surface area (Å²) >= 11 is 0. The Morgan fingerprint density at radius 2 is 1.75 bits per heavy atom. The molecule has 3 unspecified atom stereocenters. The van der Waals surface area contributed by atoms with Gasteiger partial charge < -0.3 is 29.5 Å². The number of hydrogen-bond acceptors (Lipinski definition) is 6. The second-order valence-electron chi connectivity index (χ2n) is 8.62. The number of aliphatic hydroxyl groups excluding tert-OH is 1. The highest BCUT2D eigenvalue weighted by atomic mass is 35.5.